The monoisotopic (exact) mass is 1280 g/mol. The number of hydrogen-bond donors (Lipinski definition) is 0. The standard InChI is InChI=1S/2C18H13N.3C17H12N2.15H2/c1-12-8-9-15-13-5-2-3-6-14(13)16-7-4-10-19-18(16)17(15)11-12;1-12-6-7-15-13-4-2-3-5-14(13)16-8-9-19-11-18(16)17(15)10-12;1-11-6-7-12-13-4-2-8-18-16(13)17-14(15(12)10-11)5-3-9-19-17;1-11-2-3-12-13-4-6-18-9-16(13)17-10-19-7-5-14(17)15(12)8-11;1-11-4-5-12-13-6-8-18-10-16(13)17-14(15(12)9-11)3-2-7-19-17;;;;;;;;;;;;;;;/h2*2-11H,1H3;3*2-10H,1H3;15*1H/i5*1D;15*1+1D. The Bertz CT molecular complexity index is 5560. The lowest BCUT2D eigenvalue weighted by Crippen LogP contribution is -1.88. The Labute approximate surface area is 601 Å². The number of fused-ring (bicyclic) bond motifs is 30. The lowest BCUT2D eigenvalue weighted by atomic mass is 9.94. The Hall–Kier alpha value is -12.3. The van der Waals surface area contributed by atoms with Crippen molar-refractivity contribution in [1.82, 2.24) is 39.9 Å². The van der Waals surface area contributed by atoms with Crippen molar-refractivity contribution in [3.8, 4) is 0 Å². The molecule has 0 saturated heterocycles. The number of nitrogens with zero attached hydrogens (tertiary/aromatic N) is 8. The summed E-state index contributed by atoms with van der Waals surface area (Å²) in [6.45, 7) is 1.51. The molecule has 8 nitrogen and oxygen atoms in total. The van der Waals surface area contributed by atoms with Crippen molar-refractivity contribution < 1.29 is 51.4 Å². The molecule has 0 aliphatic heterocycles. The van der Waals surface area contributed by atoms with E-state index < -0.39 is 0 Å². The zero-order chi connectivity index (χ0) is 97.6. The SMILES string of the molecule is [2H]Cc1ccc2c(c1)c1cccnc1c1cnccc21.[2H]Cc1ccc2c(c1)c1cccnc1c1ncccc21.[2H]Cc1ccc2c3ccccc3c3cccnc3c2c1.[2H]Cc1ccc2c3ccccc3c3ccncc3c2c1.[2H]Cc1ccc2c3ccncc3c3cnccc3c2c1.[2H][2H].[2H][2H].[2H][2H].[2H][2H].[2H][2H].[2H][2H].[2H][2H].[2H][2H].[2H][2H].[2H][2H].[2H][2H].[2H][2H].[2H][2H].[2H][2H].[2H][2H]. The molecule has 0 atom stereocenters. The summed E-state index contributed by atoms with van der Waals surface area (Å²) in [5.41, 5.74) is 9.01. The summed E-state index contributed by atoms with van der Waals surface area (Å²) < 4.78 is 188. The van der Waals surface area contributed by atoms with Crippen LogP contribution in [0.2, 0.25) is 0 Å². The molecule has 0 unspecified atom stereocenters. The van der Waals surface area contributed by atoms with Gasteiger partial charge >= 0.3 is 0 Å². The highest BCUT2D eigenvalue weighted by Gasteiger charge is 2.14. The van der Waals surface area contributed by atoms with E-state index in [1.807, 2.05) is 135 Å². The van der Waals surface area contributed by atoms with Crippen LogP contribution in [0, 0.1) is 34.5 Å². The van der Waals surface area contributed by atoms with Crippen molar-refractivity contribution >= 4 is 162 Å². The van der Waals surface area contributed by atoms with Gasteiger partial charge in [-0.1, -0.05) is 186 Å². The van der Waals surface area contributed by atoms with Crippen LogP contribution in [-0.4, -0.2) is 39.9 Å². The average molecular weight is 1280 g/mol. The van der Waals surface area contributed by atoms with Crippen LogP contribution in [-0.2, 0) is 0 Å². The van der Waals surface area contributed by atoms with E-state index in [9.17, 15) is 0 Å². The number of hydrogen-bond acceptors (Lipinski definition) is 8. The van der Waals surface area contributed by atoms with Gasteiger partial charge in [0, 0.05) is 174 Å². The highest BCUT2D eigenvalue weighted by atomic mass is 14.7. The molecule has 8 heterocycles. The largest absolute Gasteiger partial charge is 0.264 e. The first kappa shape index (κ1) is 39.9. The van der Waals surface area contributed by atoms with E-state index in [2.05, 4.69) is 179 Å². The van der Waals surface area contributed by atoms with E-state index in [4.69, 9.17) is 51.4 Å². The minimum absolute atomic E-state index is 0.294. The third-order valence-corrected chi connectivity index (χ3v) is 18.0. The van der Waals surface area contributed by atoms with E-state index in [1.165, 1.54) is 80.8 Å². The van der Waals surface area contributed by atoms with E-state index in [-0.39, 0.29) is 0 Å². The smallest absolute Gasteiger partial charge is 0.0970 e. The third kappa shape index (κ3) is 10.5. The lowest BCUT2D eigenvalue weighted by Gasteiger charge is -2.10. The topological polar surface area (TPSA) is 103 Å². The van der Waals surface area contributed by atoms with Crippen LogP contribution in [0.25, 0.3) is 162 Å². The quantitative estimate of drug-likeness (QED) is 0.138. The zero-order valence-electron chi connectivity index (χ0n) is 86.7. The molecule has 12 aromatic carbocycles. The van der Waals surface area contributed by atoms with Gasteiger partial charge in [0.25, 0.3) is 0 Å². The molecule has 0 saturated carbocycles. The van der Waals surface area contributed by atoms with Crippen molar-refractivity contribution in [1.29, 1.82) is 0 Å². The summed E-state index contributed by atoms with van der Waals surface area (Å²) in [6, 6.07) is 72.6. The van der Waals surface area contributed by atoms with Crippen LogP contribution in [0.4, 0.5) is 0 Å². The Morgan fingerprint density at radius 3 is 0.842 bits per heavy atom. The van der Waals surface area contributed by atoms with Crippen LogP contribution in [0.1, 0.15) is 79.2 Å². The molecule has 0 aliphatic carbocycles. The second-order valence-corrected chi connectivity index (χ2v) is 23.8. The summed E-state index contributed by atoms with van der Waals surface area (Å²) in [7, 11) is 0. The van der Waals surface area contributed by atoms with Gasteiger partial charge in [0.05, 0.1) is 22.1 Å². The highest BCUT2D eigenvalue weighted by molar-refractivity contribution is 6.28. The van der Waals surface area contributed by atoms with Crippen LogP contribution in [0.15, 0.2) is 287 Å². The van der Waals surface area contributed by atoms with E-state index in [1.54, 1.807) is 12.4 Å². The van der Waals surface area contributed by atoms with Gasteiger partial charge in [-0.25, -0.2) is 0 Å². The predicted octanol–water partition coefficient (Wildman–Crippen LogP) is 26.1. The molecule has 0 aliphatic rings. The van der Waals surface area contributed by atoms with Gasteiger partial charge < -0.3 is 0 Å². The molecule has 0 radical (unpaired) electrons. The maximum Gasteiger partial charge on any atom is 0.0970 e. The van der Waals surface area contributed by atoms with Crippen LogP contribution in [0.5, 0.6) is 0 Å². The predicted molar refractivity (Wildman–Crippen MR) is 433 cm³/mol. The summed E-state index contributed by atoms with van der Waals surface area (Å²) in [5.74, 6) is 0. The summed E-state index contributed by atoms with van der Waals surface area (Å²) in [5, 5.41) is 30.6. The van der Waals surface area contributed by atoms with Crippen molar-refractivity contribution in [2.75, 3.05) is 0 Å². The number of aromatic nitrogens is 8. The van der Waals surface area contributed by atoms with E-state index in [0.29, 0.717) is 34.5 Å². The second-order valence-electron chi connectivity index (χ2n) is 23.8. The fraction of sp³-hybridized carbons (Fsp3) is 0.0575. The second kappa shape index (κ2) is 24.4. The molecule has 0 fully saturated rings. The normalized spacial score (nSPS) is 13.4. The van der Waals surface area contributed by atoms with E-state index in [0.717, 1.165) is 109 Å². The molecule has 480 valence electrons. The molecule has 20 aromatic rings. The molecule has 0 spiro atoms. The first-order chi connectivity index (χ1) is 64.4. The fourth-order valence-electron chi connectivity index (χ4n) is 13.8. The maximum absolute atomic E-state index is 7.57. The Morgan fingerprint density at radius 1 is 0.200 bits per heavy atom. The molecule has 8 heteroatoms. The van der Waals surface area contributed by atoms with Crippen LogP contribution >= 0.6 is 0 Å². The third-order valence-electron chi connectivity index (χ3n) is 18.0. The number of benzene rings is 12. The molecule has 0 amide bonds. The molecule has 95 heavy (non-hydrogen) atoms. The fourth-order valence-corrected chi connectivity index (χ4v) is 13.8. The summed E-state index contributed by atoms with van der Waals surface area (Å²) in [6.07, 6.45) is 22.2. The molecule has 0 bridgehead atoms. The highest BCUT2D eigenvalue weighted by Crippen LogP contribution is 2.39. The van der Waals surface area contributed by atoms with Gasteiger partial charge in [-0.2, -0.15) is 0 Å². The minimum atomic E-state index is 0.294. The van der Waals surface area contributed by atoms with Crippen molar-refractivity contribution in [2.45, 2.75) is 34.5 Å². The average Bonchev–Trinajstić information content (AvgIpc) is 0.773. The Kier molecular flexibility index (Phi) is 10.2. The van der Waals surface area contributed by atoms with Gasteiger partial charge in [0.2, 0.25) is 0 Å². The summed E-state index contributed by atoms with van der Waals surface area (Å²) >= 11 is 0. The summed E-state index contributed by atoms with van der Waals surface area (Å²) in [4.78, 5) is 35.1. The van der Waals surface area contributed by atoms with Crippen molar-refractivity contribution in [3.05, 3.63) is 315 Å². The molecular weight excluding hydrogens is 1160 g/mol. The molecule has 8 aromatic heterocycles. The molecule has 20 rings (SSSR count). The lowest BCUT2D eigenvalue weighted by molar-refractivity contribution is 1.35. The first-order valence-corrected chi connectivity index (χ1v) is 31.3. The van der Waals surface area contributed by atoms with Gasteiger partial charge in [0.15, 0.2) is 0 Å². The molecule has 0 N–H and O–H groups in total. The van der Waals surface area contributed by atoms with Crippen molar-refractivity contribution in [3.63, 3.8) is 0 Å². The molecular formula is C87H92N8. The van der Waals surface area contributed by atoms with Crippen molar-refractivity contribution in [2.24, 2.45) is 0 Å². The van der Waals surface area contributed by atoms with Crippen LogP contribution in [0.3, 0.4) is 0 Å². The van der Waals surface area contributed by atoms with Crippen LogP contribution < -0.4 is 0 Å². The van der Waals surface area contributed by atoms with Gasteiger partial charge in [0.1, 0.15) is 0 Å². The zero-order valence-corrected chi connectivity index (χ0v) is 51.7. The van der Waals surface area contributed by atoms with Gasteiger partial charge in [-0.05, 0) is 181 Å². The number of rotatable bonds is 0. The first-order valence-electron chi connectivity index (χ1n) is 49.9. The van der Waals surface area contributed by atoms with Gasteiger partial charge in [-0.15, -0.1) is 0 Å². The number of aryl methyl sites for hydroxylation is 5. The number of pyridine rings is 8. The maximum atomic E-state index is 7.57. The van der Waals surface area contributed by atoms with Gasteiger partial charge in [-0.3, -0.25) is 39.9 Å². The Morgan fingerprint density at radius 2 is 0.432 bits per heavy atom. The minimum Gasteiger partial charge on any atom is -0.264 e. The van der Waals surface area contributed by atoms with E-state index >= 15 is 0 Å². The Balaban J connectivity index is 0.000000756.